The molecule has 0 amide bonds. The summed E-state index contributed by atoms with van der Waals surface area (Å²) in [6.07, 6.45) is 7.86. The summed E-state index contributed by atoms with van der Waals surface area (Å²) in [4.78, 5) is 2.54. The number of fused-ring (bicyclic) bond motifs is 3. The van der Waals surface area contributed by atoms with Crippen LogP contribution >= 0.6 is 0 Å². The summed E-state index contributed by atoms with van der Waals surface area (Å²) in [5.74, 6) is 0. The summed E-state index contributed by atoms with van der Waals surface area (Å²) in [5.41, 5.74) is 11.8. The number of aryl methyl sites for hydroxylation is 1. The molecule has 2 aliphatic rings. The second-order valence-corrected chi connectivity index (χ2v) is 8.92. The number of para-hydroxylation sites is 1. The lowest BCUT2D eigenvalue weighted by atomic mass is 9.76. The first kappa shape index (κ1) is 19.6. The number of hydrogen-bond donors (Lipinski definition) is 0. The van der Waals surface area contributed by atoms with Gasteiger partial charge in [-0.25, -0.2) is 0 Å². The Morgan fingerprint density at radius 2 is 1.58 bits per heavy atom. The molecule has 154 valence electrons. The standard InChI is InChI=1S/C30H29N/c1-5-9-26-22(3)18-19-30(4)29(26)27-20-24(23-14-12-21(2)13-15-23)16-17-28(27)31(30)25-10-7-6-8-11-25/h5-18,20H,19H2,1-4H3/b9-5-. The lowest BCUT2D eigenvalue weighted by Crippen LogP contribution is -2.41. The third-order valence-corrected chi connectivity index (χ3v) is 6.77. The Labute approximate surface area is 186 Å². The molecule has 3 aromatic carbocycles. The molecule has 0 bridgehead atoms. The van der Waals surface area contributed by atoms with Crippen molar-refractivity contribution in [1.82, 2.24) is 0 Å². The van der Waals surface area contributed by atoms with Crippen molar-refractivity contribution in [1.29, 1.82) is 0 Å². The van der Waals surface area contributed by atoms with Crippen LogP contribution in [0.25, 0.3) is 16.7 Å². The van der Waals surface area contributed by atoms with Gasteiger partial charge in [0.05, 0.1) is 5.54 Å². The summed E-state index contributed by atoms with van der Waals surface area (Å²) in [6.45, 7) is 8.89. The smallest absolute Gasteiger partial charge is 0.0721 e. The minimum Gasteiger partial charge on any atom is -0.331 e. The van der Waals surface area contributed by atoms with Gasteiger partial charge in [0.2, 0.25) is 0 Å². The predicted molar refractivity (Wildman–Crippen MR) is 134 cm³/mol. The first-order valence-corrected chi connectivity index (χ1v) is 11.1. The van der Waals surface area contributed by atoms with E-state index in [1.165, 1.54) is 50.3 Å². The third-order valence-electron chi connectivity index (χ3n) is 6.77. The maximum Gasteiger partial charge on any atom is 0.0721 e. The molecule has 0 aromatic heterocycles. The van der Waals surface area contributed by atoms with Gasteiger partial charge < -0.3 is 4.90 Å². The molecule has 1 heterocycles. The normalized spacial score (nSPS) is 20.1. The molecular formula is C30H29N. The van der Waals surface area contributed by atoms with Crippen LogP contribution in [0.5, 0.6) is 0 Å². The minimum atomic E-state index is -0.107. The summed E-state index contributed by atoms with van der Waals surface area (Å²) < 4.78 is 0. The van der Waals surface area contributed by atoms with Crippen LogP contribution in [-0.4, -0.2) is 5.54 Å². The average molecular weight is 404 g/mol. The Bertz CT molecular complexity index is 1230. The van der Waals surface area contributed by atoms with Gasteiger partial charge in [0.15, 0.2) is 0 Å². The van der Waals surface area contributed by atoms with E-state index in [9.17, 15) is 0 Å². The largest absolute Gasteiger partial charge is 0.331 e. The molecule has 0 N–H and O–H groups in total. The first-order valence-electron chi connectivity index (χ1n) is 11.1. The molecule has 0 spiro atoms. The third kappa shape index (κ3) is 3.08. The van der Waals surface area contributed by atoms with Crippen LogP contribution in [0.2, 0.25) is 0 Å². The van der Waals surface area contributed by atoms with E-state index in [0.29, 0.717) is 0 Å². The monoisotopic (exact) mass is 403 g/mol. The fraction of sp³-hybridized carbons (Fsp3) is 0.200. The molecule has 5 rings (SSSR count). The van der Waals surface area contributed by atoms with E-state index < -0.39 is 0 Å². The van der Waals surface area contributed by atoms with Gasteiger partial charge >= 0.3 is 0 Å². The van der Waals surface area contributed by atoms with Gasteiger partial charge in [0, 0.05) is 16.9 Å². The topological polar surface area (TPSA) is 3.24 Å². The summed E-state index contributed by atoms with van der Waals surface area (Å²) in [5, 5.41) is 0. The molecule has 1 unspecified atom stereocenters. The number of anilines is 2. The zero-order chi connectivity index (χ0) is 21.6. The maximum absolute atomic E-state index is 2.54. The second-order valence-electron chi connectivity index (χ2n) is 8.92. The molecule has 1 atom stereocenters. The summed E-state index contributed by atoms with van der Waals surface area (Å²) >= 11 is 0. The van der Waals surface area contributed by atoms with Crippen molar-refractivity contribution in [3.63, 3.8) is 0 Å². The van der Waals surface area contributed by atoms with E-state index >= 15 is 0 Å². The Hall–Kier alpha value is -3.32. The zero-order valence-corrected chi connectivity index (χ0v) is 18.8. The molecular weight excluding hydrogens is 374 g/mol. The Morgan fingerprint density at radius 1 is 0.871 bits per heavy atom. The van der Waals surface area contributed by atoms with Crippen molar-refractivity contribution in [3.05, 3.63) is 113 Å². The quantitative estimate of drug-likeness (QED) is 0.425. The molecule has 1 nitrogen and oxygen atoms in total. The number of benzene rings is 3. The van der Waals surface area contributed by atoms with Crippen molar-refractivity contribution in [2.24, 2.45) is 0 Å². The second kappa shape index (κ2) is 7.42. The molecule has 3 aromatic rings. The zero-order valence-electron chi connectivity index (χ0n) is 18.8. The van der Waals surface area contributed by atoms with E-state index in [4.69, 9.17) is 0 Å². The van der Waals surface area contributed by atoms with Crippen LogP contribution in [0.4, 0.5) is 11.4 Å². The SMILES string of the molecule is C/C=C\C1=C2c3cc(-c4ccc(C)cc4)ccc3N(c3ccccc3)C2(C)CC=C1C. The van der Waals surface area contributed by atoms with Crippen molar-refractivity contribution in [2.75, 3.05) is 4.90 Å². The molecule has 0 fully saturated rings. The Kier molecular flexibility index (Phi) is 4.70. The van der Waals surface area contributed by atoms with Crippen LogP contribution in [-0.2, 0) is 0 Å². The van der Waals surface area contributed by atoms with Crippen molar-refractivity contribution < 1.29 is 0 Å². The number of allylic oxidation sites excluding steroid dienone is 4. The highest BCUT2D eigenvalue weighted by molar-refractivity contribution is 6.00. The average Bonchev–Trinajstić information content (AvgIpc) is 3.05. The van der Waals surface area contributed by atoms with Crippen LogP contribution in [0.15, 0.2) is 102 Å². The molecule has 1 heteroatoms. The lowest BCUT2D eigenvalue weighted by Gasteiger charge is -2.40. The van der Waals surface area contributed by atoms with Gasteiger partial charge in [-0.3, -0.25) is 0 Å². The molecule has 0 saturated heterocycles. The van der Waals surface area contributed by atoms with Gasteiger partial charge in [-0.05, 0) is 86.2 Å². The predicted octanol–water partition coefficient (Wildman–Crippen LogP) is 8.25. The fourth-order valence-electron chi connectivity index (χ4n) is 5.19. The number of nitrogens with zero attached hydrogens (tertiary/aromatic N) is 1. The highest BCUT2D eigenvalue weighted by atomic mass is 15.2. The highest BCUT2D eigenvalue weighted by Crippen LogP contribution is 2.57. The van der Waals surface area contributed by atoms with Gasteiger partial charge in [0.1, 0.15) is 0 Å². The van der Waals surface area contributed by atoms with Crippen LogP contribution in [0.3, 0.4) is 0 Å². The van der Waals surface area contributed by atoms with E-state index in [2.05, 4.69) is 124 Å². The van der Waals surface area contributed by atoms with Gasteiger partial charge in [-0.2, -0.15) is 0 Å². The minimum absolute atomic E-state index is 0.107. The van der Waals surface area contributed by atoms with Crippen molar-refractivity contribution in [2.45, 2.75) is 39.7 Å². The van der Waals surface area contributed by atoms with Gasteiger partial charge in [-0.15, -0.1) is 0 Å². The molecule has 31 heavy (non-hydrogen) atoms. The molecule has 0 radical (unpaired) electrons. The summed E-state index contributed by atoms with van der Waals surface area (Å²) in [6, 6.07) is 26.7. The summed E-state index contributed by atoms with van der Waals surface area (Å²) in [7, 11) is 0. The van der Waals surface area contributed by atoms with E-state index in [1.54, 1.807) is 0 Å². The van der Waals surface area contributed by atoms with Crippen LogP contribution in [0.1, 0.15) is 38.3 Å². The Balaban J connectivity index is 1.79. The Morgan fingerprint density at radius 3 is 2.29 bits per heavy atom. The number of rotatable bonds is 3. The molecule has 1 aliphatic heterocycles. The van der Waals surface area contributed by atoms with Crippen molar-refractivity contribution in [3.8, 4) is 11.1 Å². The van der Waals surface area contributed by atoms with E-state index in [-0.39, 0.29) is 5.54 Å². The first-order chi connectivity index (χ1) is 15.0. The number of hydrogen-bond acceptors (Lipinski definition) is 1. The van der Waals surface area contributed by atoms with Crippen LogP contribution < -0.4 is 4.90 Å². The lowest BCUT2D eigenvalue weighted by molar-refractivity contribution is 0.602. The van der Waals surface area contributed by atoms with E-state index in [1.807, 2.05) is 0 Å². The molecule has 0 saturated carbocycles. The highest BCUT2D eigenvalue weighted by Gasteiger charge is 2.47. The molecule has 1 aliphatic carbocycles. The van der Waals surface area contributed by atoms with Gasteiger partial charge in [0.25, 0.3) is 0 Å². The maximum atomic E-state index is 2.54. The van der Waals surface area contributed by atoms with E-state index in [0.717, 1.165) is 6.42 Å². The van der Waals surface area contributed by atoms with Crippen LogP contribution in [0, 0.1) is 6.92 Å². The fourth-order valence-corrected chi connectivity index (χ4v) is 5.19. The van der Waals surface area contributed by atoms with Gasteiger partial charge in [-0.1, -0.05) is 72.3 Å². The van der Waals surface area contributed by atoms with Crippen molar-refractivity contribution >= 4 is 16.9 Å².